The lowest BCUT2D eigenvalue weighted by Crippen LogP contribution is -2.45. The van der Waals surface area contributed by atoms with Gasteiger partial charge >= 0.3 is 0 Å². The summed E-state index contributed by atoms with van der Waals surface area (Å²) in [6.45, 7) is 3.09. The van der Waals surface area contributed by atoms with E-state index in [1.807, 2.05) is 0 Å². The number of benzene rings is 1. The second-order valence-electron chi connectivity index (χ2n) is 8.22. The minimum atomic E-state index is -0.0980. The van der Waals surface area contributed by atoms with Crippen LogP contribution in [0.4, 0.5) is 0 Å². The van der Waals surface area contributed by atoms with Gasteiger partial charge in [-0.05, 0) is 49.7 Å². The first kappa shape index (κ1) is 15.8. The fourth-order valence-electron chi connectivity index (χ4n) is 5.46. The lowest BCUT2D eigenvalue weighted by atomic mass is 9.78. The number of nitrogens with zero attached hydrogens (tertiary/aromatic N) is 1. The van der Waals surface area contributed by atoms with E-state index in [9.17, 15) is 4.79 Å². The monoisotopic (exact) mass is 341 g/mol. The lowest BCUT2D eigenvalue weighted by Gasteiger charge is -2.36. The summed E-state index contributed by atoms with van der Waals surface area (Å²) in [5.74, 6) is 0.908. The Bertz CT molecular complexity index is 669. The van der Waals surface area contributed by atoms with E-state index in [4.69, 9.17) is 9.47 Å². The molecule has 1 aromatic carbocycles. The van der Waals surface area contributed by atoms with Crippen LogP contribution in [0.2, 0.25) is 0 Å². The number of hydrogen-bond acceptors (Lipinski definition) is 3. The molecule has 2 heterocycles. The number of ether oxygens (including phenoxy) is 2. The van der Waals surface area contributed by atoms with Gasteiger partial charge in [-0.3, -0.25) is 4.79 Å². The SMILES string of the molecule is O=C([C@@H]1C[C@]12CCCc1ccccc12)N1CCC[C@H](C2OCCO2)C1. The molecule has 2 saturated heterocycles. The van der Waals surface area contributed by atoms with Crippen LogP contribution in [-0.4, -0.2) is 43.4 Å². The topological polar surface area (TPSA) is 38.8 Å². The zero-order valence-corrected chi connectivity index (χ0v) is 14.8. The van der Waals surface area contributed by atoms with Gasteiger partial charge in [0.1, 0.15) is 0 Å². The summed E-state index contributed by atoms with van der Waals surface area (Å²) in [6.07, 6.45) is 6.67. The van der Waals surface area contributed by atoms with Gasteiger partial charge in [0.2, 0.25) is 5.91 Å². The van der Waals surface area contributed by atoms with E-state index in [-0.39, 0.29) is 17.6 Å². The minimum Gasteiger partial charge on any atom is -0.350 e. The van der Waals surface area contributed by atoms with Crippen LogP contribution in [0.3, 0.4) is 0 Å². The molecule has 2 aliphatic carbocycles. The molecule has 2 aliphatic heterocycles. The molecule has 0 N–H and O–H groups in total. The van der Waals surface area contributed by atoms with Crippen LogP contribution in [0, 0.1) is 11.8 Å². The van der Waals surface area contributed by atoms with Gasteiger partial charge in [-0.15, -0.1) is 0 Å². The first-order valence-electron chi connectivity index (χ1n) is 9.88. The number of aryl methyl sites for hydroxylation is 1. The molecule has 1 spiro atoms. The molecule has 0 bridgehead atoms. The summed E-state index contributed by atoms with van der Waals surface area (Å²) in [6, 6.07) is 8.79. The van der Waals surface area contributed by atoms with Crippen LogP contribution in [0.25, 0.3) is 0 Å². The summed E-state index contributed by atoms with van der Waals surface area (Å²) in [5, 5.41) is 0. The number of carbonyl (C=O) groups is 1. The maximum absolute atomic E-state index is 13.2. The van der Waals surface area contributed by atoms with Crippen molar-refractivity contribution in [2.24, 2.45) is 11.8 Å². The van der Waals surface area contributed by atoms with Crippen molar-refractivity contribution in [3.63, 3.8) is 0 Å². The molecule has 0 radical (unpaired) electrons. The van der Waals surface area contributed by atoms with Crippen LogP contribution >= 0.6 is 0 Å². The van der Waals surface area contributed by atoms with E-state index in [0.29, 0.717) is 25.0 Å². The number of rotatable bonds is 2. The van der Waals surface area contributed by atoms with E-state index in [1.165, 1.54) is 30.4 Å². The molecule has 1 aromatic rings. The third kappa shape index (κ3) is 2.61. The number of amides is 1. The smallest absolute Gasteiger partial charge is 0.226 e. The first-order valence-corrected chi connectivity index (χ1v) is 9.88. The highest BCUT2D eigenvalue weighted by atomic mass is 16.7. The molecule has 5 rings (SSSR count). The van der Waals surface area contributed by atoms with Gasteiger partial charge in [0.25, 0.3) is 0 Å². The van der Waals surface area contributed by atoms with E-state index >= 15 is 0 Å². The Kier molecular flexibility index (Phi) is 3.86. The summed E-state index contributed by atoms with van der Waals surface area (Å²) < 4.78 is 11.4. The molecule has 0 unspecified atom stereocenters. The molecule has 1 saturated carbocycles. The van der Waals surface area contributed by atoms with Crippen LogP contribution < -0.4 is 0 Å². The molecule has 25 heavy (non-hydrogen) atoms. The van der Waals surface area contributed by atoms with Gasteiger partial charge in [0.15, 0.2) is 6.29 Å². The second-order valence-corrected chi connectivity index (χ2v) is 8.22. The number of likely N-dealkylation sites (tertiary alicyclic amines) is 1. The summed E-state index contributed by atoms with van der Waals surface area (Å²) >= 11 is 0. The van der Waals surface area contributed by atoms with Crippen molar-refractivity contribution in [2.75, 3.05) is 26.3 Å². The van der Waals surface area contributed by atoms with Crippen molar-refractivity contribution in [1.29, 1.82) is 0 Å². The molecule has 0 aromatic heterocycles. The van der Waals surface area contributed by atoms with Crippen LogP contribution in [0.1, 0.15) is 43.2 Å². The van der Waals surface area contributed by atoms with Gasteiger partial charge in [-0.25, -0.2) is 0 Å². The normalized spacial score (nSPS) is 35.0. The Morgan fingerprint density at radius 1 is 1.16 bits per heavy atom. The second kappa shape index (κ2) is 6.10. The van der Waals surface area contributed by atoms with E-state index < -0.39 is 0 Å². The predicted octanol–water partition coefficient (Wildman–Crippen LogP) is 2.89. The van der Waals surface area contributed by atoms with Crippen molar-refractivity contribution >= 4 is 5.91 Å². The third-order valence-electron chi connectivity index (χ3n) is 6.80. The van der Waals surface area contributed by atoms with Gasteiger partial charge in [-0.1, -0.05) is 24.3 Å². The average molecular weight is 341 g/mol. The number of piperidine rings is 1. The Balaban J connectivity index is 1.31. The van der Waals surface area contributed by atoms with Gasteiger partial charge in [0.05, 0.1) is 13.2 Å². The van der Waals surface area contributed by atoms with Gasteiger partial charge in [-0.2, -0.15) is 0 Å². The van der Waals surface area contributed by atoms with Gasteiger partial charge in [0, 0.05) is 30.3 Å². The minimum absolute atomic E-state index is 0.0980. The molecule has 4 aliphatic rings. The molecular formula is C21H27NO3. The molecule has 1 amide bonds. The highest BCUT2D eigenvalue weighted by molar-refractivity contribution is 5.85. The number of carbonyl (C=O) groups excluding carboxylic acids is 1. The van der Waals surface area contributed by atoms with E-state index in [1.54, 1.807) is 0 Å². The summed E-state index contributed by atoms with van der Waals surface area (Å²) in [7, 11) is 0. The molecular weight excluding hydrogens is 314 g/mol. The quantitative estimate of drug-likeness (QED) is 0.830. The van der Waals surface area contributed by atoms with Crippen molar-refractivity contribution < 1.29 is 14.3 Å². The predicted molar refractivity (Wildman–Crippen MR) is 94.2 cm³/mol. The Labute approximate surface area is 149 Å². The zero-order chi connectivity index (χ0) is 16.9. The maximum atomic E-state index is 13.2. The van der Waals surface area contributed by atoms with Crippen molar-refractivity contribution in [2.45, 2.75) is 50.2 Å². The highest BCUT2D eigenvalue weighted by Crippen LogP contribution is 2.61. The fourth-order valence-corrected chi connectivity index (χ4v) is 5.46. The fraction of sp³-hybridized carbons (Fsp3) is 0.667. The Morgan fingerprint density at radius 2 is 2.00 bits per heavy atom. The zero-order valence-electron chi connectivity index (χ0n) is 14.8. The Morgan fingerprint density at radius 3 is 2.88 bits per heavy atom. The number of hydrogen-bond donors (Lipinski definition) is 0. The molecule has 3 fully saturated rings. The van der Waals surface area contributed by atoms with Gasteiger partial charge < -0.3 is 14.4 Å². The van der Waals surface area contributed by atoms with Crippen LogP contribution in [-0.2, 0) is 26.1 Å². The first-order chi connectivity index (χ1) is 12.3. The molecule has 4 heteroatoms. The number of fused-ring (bicyclic) bond motifs is 2. The molecule has 3 atom stereocenters. The van der Waals surface area contributed by atoms with Crippen LogP contribution in [0.5, 0.6) is 0 Å². The summed E-state index contributed by atoms with van der Waals surface area (Å²) in [4.78, 5) is 15.4. The van der Waals surface area contributed by atoms with E-state index in [2.05, 4.69) is 29.2 Å². The molecule has 4 nitrogen and oxygen atoms in total. The van der Waals surface area contributed by atoms with Crippen molar-refractivity contribution in [1.82, 2.24) is 4.90 Å². The standard InChI is InChI=1S/C21H27NO3/c23-19(22-10-4-7-16(14-22)20-24-11-12-25-20)18-13-21(18)9-3-6-15-5-1-2-8-17(15)21/h1-2,5,8,16,18,20H,3-4,6-7,9-14H2/t16-,18-,21-/m0/s1. The Hall–Kier alpha value is -1.39. The largest absolute Gasteiger partial charge is 0.350 e. The third-order valence-corrected chi connectivity index (χ3v) is 6.80. The summed E-state index contributed by atoms with van der Waals surface area (Å²) in [5.41, 5.74) is 3.06. The van der Waals surface area contributed by atoms with Crippen molar-refractivity contribution in [3.05, 3.63) is 35.4 Å². The lowest BCUT2D eigenvalue weighted by molar-refractivity contribution is -0.141. The highest BCUT2D eigenvalue weighted by Gasteiger charge is 2.61. The van der Waals surface area contributed by atoms with Crippen LogP contribution in [0.15, 0.2) is 24.3 Å². The molecule has 134 valence electrons. The van der Waals surface area contributed by atoms with E-state index in [0.717, 1.165) is 32.4 Å². The maximum Gasteiger partial charge on any atom is 0.226 e. The average Bonchev–Trinajstić information content (AvgIpc) is 3.11. The van der Waals surface area contributed by atoms with Crippen molar-refractivity contribution in [3.8, 4) is 0 Å².